The monoisotopic (exact) mass is 384 g/mol. The lowest BCUT2D eigenvalue weighted by Gasteiger charge is -2.19. The molecule has 0 bridgehead atoms. The molecule has 4 rings (SSSR count). The van der Waals surface area contributed by atoms with E-state index >= 15 is 0 Å². The predicted molar refractivity (Wildman–Crippen MR) is 112 cm³/mol. The van der Waals surface area contributed by atoms with Crippen molar-refractivity contribution in [2.45, 2.75) is 6.04 Å². The summed E-state index contributed by atoms with van der Waals surface area (Å²) < 4.78 is 10.9. The number of hydrogen-bond acceptors (Lipinski definition) is 5. The van der Waals surface area contributed by atoms with Gasteiger partial charge in [-0.25, -0.2) is 4.98 Å². The highest BCUT2D eigenvalue weighted by molar-refractivity contribution is 6.04. The molecule has 1 atom stereocenters. The number of anilines is 1. The van der Waals surface area contributed by atoms with E-state index in [9.17, 15) is 4.79 Å². The lowest BCUT2D eigenvalue weighted by atomic mass is 9.98. The van der Waals surface area contributed by atoms with Gasteiger partial charge in [-0.05, 0) is 17.7 Å². The number of nitrogens with one attached hydrogen (secondary N) is 1. The first-order valence-corrected chi connectivity index (χ1v) is 9.25. The number of methoxy groups -OCH3 is 1. The van der Waals surface area contributed by atoms with Gasteiger partial charge in [-0.15, -0.1) is 0 Å². The number of hydrogen-bond donors (Lipinski definition) is 1. The third-order valence-electron chi connectivity index (χ3n) is 4.61. The van der Waals surface area contributed by atoms with Crippen molar-refractivity contribution in [1.29, 1.82) is 0 Å². The second-order valence-corrected chi connectivity index (χ2v) is 6.48. The molecule has 5 nitrogen and oxygen atoms in total. The highest BCUT2D eigenvalue weighted by atomic mass is 16.5. The van der Waals surface area contributed by atoms with Crippen LogP contribution in [0.1, 0.15) is 22.1 Å². The highest BCUT2D eigenvalue weighted by Crippen LogP contribution is 2.30. The van der Waals surface area contributed by atoms with Crippen molar-refractivity contribution in [3.05, 3.63) is 103 Å². The number of benzene rings is 3. The molecule has 1 heterocycles. The second kappa shape index (κ2) is 8.44. The molecule has 0 saturated carbocycles. The lowest BCUT2D eigenvalue weighted by molar-refractivity contribution is 0.0965. The number of nitrogens with zero attached hydrogens (tertiary/aromatic N) is 1. The van der Waals surface area contributed by atoms with Gasteiger partial charge in [-0.2, -0.15) is 0 Å². The van der Waals surface area contributed by atoms with Crippen LogP contribution >= 0.6 is 0 Å². The standard InChI is InChI=1S/C24H20N2O3/c1-28-20-14-8-13-19(15-20)26-21(17-9-4-2-5-10-17)23(27)22-24(29-16-25-22)18-11-6-3-7-12-18/h2-16,21,26H,1H3. The van der Waals surface area contributed by atoms with Gasteiger partial charge in [0.15, 0.2) is 17.8 Å². The molecule has 0 fully saturated rings. The summed E-state index contributed by atoms with van der Waals surface area (Å²) in [4.78, 5) is 17.8. The fourth-order valence-corrected chi connectivity index (χ4v) is 3.18. The van der Waals surface area contributed by atoms with Crippen LogP contribution in [-0.4, -0.2) is 17.9 Å². The van der Waals surface area contributed by atoms with Gasteiger partial charge in [-0.3, -0.25) is 4.79 Å². The molecule has 0 saturated heterocycles. The zero-order chi connectivity index (χ0) is 20.1. The quantitative estimate of drug-likeness (QED) is 0.433. The Labute approximate surface area is 169 Å². The van der Waals surface area contributed by atoms with E-state index in [2.05, 4.69) is 10.3 Å². The molecule has 29 heavy (non-hydrogen) atoms. The Morgan fingerprint density at radius 2 is 1.69 bits per heavy atom. The Kier molecular flexibility index (Phi) is 5.38. The van der Waals surface area contributed by atoms with E-state index in [1.54, 1.807) is 7.11 Å². The number of Topliss-reactive ketones (excluding diaryl/α,β-unsaturated/α-hetero) is 1. The smallest absolute Gasteiger partial charge is 0.211 e. The minimum absolute atomic E-state index is 0.174. The van der Waals surface area contributed by atoms with Crippen LogP contribution in [0.2, 0.25) is 0 Å². The number of aromatic nitrogens is 1. The first kappa shape index (κ1) is 18.5. The Hall–Kier alpha value is -3.86. The highest BCUT2D eigenvalue weighted by Gasteiger charge is 2.27. The fraction of sp³-hybridized carbons (Fsp3) is 0.0833. The molecule has 1 N–H and O–H groups in total. The average molecular weight is 384 g/mol. The number of rotatable bonds is 7. The van der Waals surface area contributed by atoms with Gasteiger partial charge in [0.1, 0.15) is 11.8 Å². The Bertz CT molecular complexity index is 1090. The average Bonchev–Trinajstić information content (AvgIpc) is 3.28. The van der Waals surface area contributed by atoms with Crippen LogP contribution in [0.3, 0.4) is 0 Å². The normalized spacial score (nSPS) is 11.6. The van der Waals surface area contributed by atoms with Crippen molar-refractivity contribution >= 4 is 11.5 Å². The Morgan fingerprint density at radius 3 is 2.41 bits per heavy atom. The van der Waals surface area contributed by atoms with Gasteiger partial charge < -0.3 is 14.5 Å². The van der Waals surface area contributed by atoms with Crippen molar-refractivity contribution < 1.29 is 13.9 Å². The lowest BCUT2D eigenvalue weighted by Crippen LogP contribution is -2.22. The fourth-order valence-electron chi connectivity index (χ4n) is 3.18. The zero-order valence-corrected chi connectivity index (χ0v) is 15.9. The van der Waals surface area contributed by atoms with Gasteiger partial charge in [0, 0.05) is 17.3 Å². The molecule has 0 aliphatic carbocycles. The minimum atomic E-state index is -0.629. The summed E-state index contributed by atoms with van der Waals surface area (Å²) in [6.07, 6.45) is 1.31. The minimum Gasteiger partial charge on any atom is -0.497 e. The summed E-state index contributed by atoms with van der Waals surface area (Å²) in [6, 6.07) is 25.9. The van der Waals surface area contributed by atoms with Crippen LogP contribution in [0.15, 0.2) is 95.7 Å². The Balaban J connectivity index is 1.72. The van der Waals surface area contributed by atoms with Crippen LogP contribution in [0, 0.1) is 0 Å². The van der Waals surface area contributed by atoms with Crippen LogP contribution < -0.4 is 10.1 Å². The van der Waals surface area contributed by atoms with E-state index < -0.39 is 6.04 Å². The van der Waals surface area contributed by atoms with Crippen molar-refractivity contribution in [2.24, 2.45) is 0 Å². The molecule has 1 unspecified atom stereocenters. The maximum absolute atomic E-state index is 13.5. The maximum atomic E-state index is 13.5. The molecule has 0 spiro atoms. The predicted octanol–water partition coefficient (Wildman–Crippen LogP) is 5.39. The molecule has 0 amide bonds. The third-order valence-corrected chi connectivity index (χ3v) is 4.61. The second-order valence-electron chi connectivity index (χ2n) is 6.48. The third kappa shape index (κ3) is 4.04. The van der Waals surface area contributed by atoms with Gasteiger partial charge >= 0.3 is 0 Å². The summed E-state index contributed by atoms with van der Waals surface area (Å²) in [5.41, 5.74) is 2.71. The molecule has 0 aliphatic rings. The van der Waals surface area contributed by atoms with E-state index in [1.807, 2.05) is 84.9 Å². The molecule has 0 aliphatic heterocycles. The summed E-state index contributed by atoms with van der Waals surface area (Å²) in [5, 5.41) is 3.33. The van der Waals surface area contributed by atoms with E-state index in [0.29, 0.717) is 17.2 Å². The number of carbonyl (C=O) groups excluding carboxylic acids is 1. The van der Waals surface area contributed by atoms with Crippen molar-refractivity contribution in [3.63, 3.8) is 0 Å². The van der Waals surface area contributed by atoms with E-state index in [-0.39, 0.29) is 5.78 Å². The molecule has 5 heteroatoms. The number of oxazole rings is 1. The summed E-state index contributed by atoms with van der Waals surface area (Å²) in [5.74, 6) is 0.997. The van der Waals surface area contributed by atoms with Gasteiger partial charge in [0.2, 0.25) is 5.78 Å². The summed E-state index contributed by atoms with van der Waals surface area (Å²) in [6.45, 7) is 0. The first-order valence-electron chi connectivity index (χ1n) is 9.25. The number of carbonyl (C=O) groups is 1. The zero-order valence-electron chi connectivity index (χ0n) is 15.9. The topological polar surface area (TPSA) is 64.4 Å². The Morgan fingerprint density at radius 1 is 0.966 bits per heavy atom. The summed E-state index contributed by atoms with van der Waals surface area (Å²) in [7, 11) is 1.61. The van der Waals surface area contributed by atoms with Crippen LogP contribution in [-0.2, 0) is 0 Å². The van der Waals surface area contributed by atoms with Gasteiger partial charge in [0.05, 0.1) is 7.11 Å². The molecule has 4 aromatic rings. The molecule has 144 valence electrons. The van der Waals surface area contributed by atoms with Gasteiger partial charge in [-0.1, -0.05) is 66.7 Å². The van der Waals surface area contributed by atoms with Crippen molar-refractivity contribution in [2.75, 3.05) is 12.4 Å². The maximum Gasteiger partial charge on any atom is 0.211 e. The van der Waals surface area contributed by atoms with Crippen LogP contribution in [0.4, 0.5) is 5.69 Å². The van der Waals surface area contributed by atoms with Crippen LogP contribution in [0.25, 0.3) is 11.3 Å². The molecular weight excluding hydrogens is 364 g/mol. The van der Waals surface area contributed by atoms with Crippen LogP contribution in [0.5, 0.6) is 5.75 Å². The van der Waals surface area contributed by atoms with Gasteiger partial charge in [0.25, 0.3) is 0 Å². The van der Waals surface area contributed by atoms with E-state index in [1.165, 1.54) is 6.39 Å². The molecule has 3 aromatic carbocycles. The first-order chi connectivity index (χ1) is 14.3. The summed E-state index contributed by atoms with van der Waals surface area (Å²) >= 11 is 0. The van der Waals surface area contributed by atoms with Crippen molar-refractivity contribution in [3.8, 4) is 17.1 Å². The van der Waals surface area contributed by atoms with E-state index in [4.69, 9.17) is 9.15 Å². The van der Waals surface area contributed by atoms with E-state index in [0.717, 1.165) is 16.8 Å². The SMILES string of the molecule is COc1cccc(NC(C(=O)c2ncoc2-c2ccccc2)c2ccccc2)c1. The number of ether oxygens (including phenoxy) is 1. The molecule has 0 radical (unpaired) electrons. The van der Waals surface area contributed by atoms with Crippen molar-refractivity contribution in [1.82, 2.24) is 4.98 Å². The molecule has 1 aromatic heterocycles. The molecular formula is C24H20N2O3. The largest absolute Gasteiger partial charge is 0.497 e. The number of ketones is 1.